The van der Waals surface area contributed by atoms with Crippen LogP contribution >= 0.6 is 0 Å². The van der Waals surface area contributed by atoms with Crippen LogP contribution in [-0.4, -0.2) is 55.3 Å². The molecule has 1 heterocycles. The van der Waals surface area contributed by atoms with Gasteiger partial charge in [0, 0.05) is 37.3 Å². The molecule has 144 valence electrons. The molecule has 1 aliphatic rings. The van der Waals surface area contributed by atoms with Crippen LogP contribution in [0, 0.1) is 0 Å². The normalized spacial score (nSPS) is 14.9. The second-order valence-corrected chi connectivity index (χ2v) is 6.97. The molecule has 0 atom stereocenters. The molecule has 0 radical (unpaired) electrons. The number of hydrogen-bond acceptors (Lipinski definition) is 4. The highest BCUT2D eigenvalue weighted by molar-refractivity contribution is 6.00. The highest BCUT2D eigenvalue weighted by Crippen LogP contribution is 2.36. The van der Waals surface area contributed by atoms with Crippen molar-refractivity contribution < 1.29 is 14.6 Å². The van der Waals surface area contributed by atoms with E-state index >= 15 is 0 Å². The third-order valence-electron chi connectivity index (χ3n) is 5.16. The van der Waals surface area contributed by atoms with Crippen LogP contribution in [0.25, 0.3) is 21.9 Å². The Kier molecular flexibility index (Phi) is 5.55. The van der Waals surface area contributed by atoms with Gasteiger partial charge in [0.05, 0.1) is 13.2 Å². The van der Waals surface area contributed by atoms with Crippen molar-refractivity contribution in [3.8, 4) is 16.9 Å². The lowest BCUT2D eigenvalue weighted by Gasteiger charge is -2.26. The maximum Gasteiger partial charge on any atom is 0.251 e. The van der Waals surface area contributed by atoms with Gasteiger partial charge >= 0.3 is 0 Å². The smallest absolute Gasteiger partial charge is 0.251 e. The summed E-state index contributed by atoms with van der Waals surface area (Å²) in [5.41, 5.74) is 2.29. The van der Waals surface area contributed by atoms with Gasteiger partial charge in [0.15, 0.2) is 0 Å². The number of phenolic OH excluding ortho intramolecular Hbond substituents is 1. The lowest BCUT2D eigenvalue weighted by Crippen LogP contribution is -2.41. The van der Waals surface area contributed by atoms with Gasteiger partial charge in [-0.2, -0.15) is 0 Å². The molecule has 1 saturated heterocycles. The molecule has 0 saturated carbocycles. The monoisotopic (exact) mass is 376 g/mol. The maximum atomic E-state index is 12.4. The Balaban J connectivity index is 1.45. The summed E-state index contributed by atoms with van der Waals surface area (Å²) in [5.74, 6) is 0.156. The number of benzene rings is 3. The zero-order chi connectivity index (χ0) is 19.3. The van der Waals surface area contributed by atoms with Crippen LogP contribution in [0.2, 0.25) is 0 Å². The predicted octanol–water partition coefficient (Wildman–Crippen LogP) is 3.27. The molecule has 1 fully saturated rings. The summed E-state index contributed by atoms with van der Waals surface area (Å²) in [7, 11) is 0. The first-order valence-corrected chi connectivity index (χ1v) is 9.62. The molecule has 0 bridgehead atoms. The first kappa shape index (κ1) is 18.5. The van der Waals surface area contributed by atoms with E-state index in [4.69, 9.17) is 4.74 Å². The third-order valence-corrected chi connectivity index (χ3v) is 5.16. The standard InChI is InChI=1S/C23H24N2O3/c26-21-10-9-17-3-1-2-4-20(17)22(21)18-5-7-19(8-6-18)23(27)24-11-12-25-13-15-28-16-14-25/h1-10,26H,11-16H2,(H,24,27). The van der Waals surface area contributed by atoms with Crippen molar-refractivity contribution in [2.75, 3.05) is 39.4 Å². The van der Waals surface area contributed by atoms with Crippen LogP contribution in [-0.2, 0) is 4.74 Å². The van der Waals surface area contributed by atoms with Crippen LogP contribution in [0.15, 0.2) is 60.7 Å². The number of hydrogen-bond donors (Lipinski definition) is 2. The molecule has 3 aromatic rings. The van der Waals surface area contributed by atoms with Gasteiger partial charge in [-0.3, -0.25) is 9.69 Å². The summed E-state index contributed by atoms with van der Waals surface area (Å²) in [6, 6.07) is 19.0. The lowest BCUT2D eigenvalue weighted by molar-refractivity contribution is 0.0383. The predicted molar refractivity (Wildman–Crippen MR) is 111 cm³/mol. The first-order valence-electron chi connectivity index (χ1n) is 9.62. The molecule has 4 rings (SSSR count). The van der Waals surface area contributed by atoms with Gasteiger partial charge in [-0.15, -0.1) is 0 Å². The fourth-order valence-corrected chi connectivity index (χ4v) is 3.61. The SMILES string of the molecule is O=C(NCCN1CCOCC1)c1ccc(-c2c(O)ccc3ccccc23)cc1. The Morgan fingerprint density at radius 1 is 1.00 bits per heavy atom. The number of amides is 1. The van der Waals surface area contributed by atoms with Crippen LogP contribution < -0.4 is 5.32 Å². The average molecular weight is 376 g/mol. The number of fused-ring (bicyclic) bond motifs is 1. The topological polar surface area (TPSA) is 61.8 Å². The first-order chi connectivity index (χ1) is 13.7. The Bertz CT molecular complexity index is 963. The largest absolute Gasteiger partial charge is 0.507 e. The number of morpholine rings is 1. The van der Waals surface area contributed by atoms with Gasteiger partial charge in [0.25, 0.3) is 5.91 Å². The maximum absolute atomic E-state index is 12.4. The van der Waals surface area contributed by atoms with E-state index in [1.165, 1.54) is 0 Å². The van der Waals surface area contributed by atoms with Crippen molar-refractivity contribution in [2.24, 2.45) is 0 Å². The Morgan fingerprint density at radius 3 is 2.54 bits per heavy atom. The van der Waals surface area contributed by atoms with E-state index in [1.807, 2.05) is 42.5 Å². The molecule has 0 unspecified atom stereocenters. The molecular weight excluding hydrogens is 352 g/mol. The van der Waals surface area contributed by atoms with E-state index in [0.717, 1.165) is 54.7 Å². The van der Waals surface area contributed by atoms with E-state index in [1.54, 1.807) is 18.2 Å². The summed E-state index contributed by atoms with van der Waals surface area (Å²) in [5, 5.41) is 15.4. The molecule has 3 aromatic carbocycles. The number of rotatable bonds is 5. The van der Waals surface area contributed by atoms with Crippen molar-refractivity contribution in [1.29, 1.82) is 0 Å². The minimum Gasteiger partial charge on any atom is -0.507 e. The number of nitrogens with one attached hydrogen (secondary N) is 1. The number of carbonyl (C=O) groups is 1. The highest BCUT2D eigenvalue weighted by Gasteiger charge is 2.12. The quantitative estimate of drug-likeness (QED) is 0.717. The number of carbonyl (C=O) groups excluding carboxylic acids is 1. The average Bonchev–Trinajstić information content (AvgIpc) is 2.74. The Morgan fingerprint density at radius 2 is 1.75 bits per heavy atom. The Hall–Kier alpha value is -2.89. The molecular formula is C23H24N2O3. The van der Waals surface area contributed by atoms with Crippen molar-refractivity contribution in [3.05, 3.63) is 66.2 Å². The van der Waals surface area contributed by atoms with Gasteiger partial charge < -0.3 is 15.2 Å². The van der Waals surface area contributed by atoms with E-state index < -0.39 is 0 Å². The van der Waals surface area contributed by atoms with Crippen LogP contribution in [0.3, 0.4) is 0 Å². The lowest BCUT2D eigenvalue weighted by atomic mass is 9.96. The fraction of sp³-hybridized carbons (Fsp3) is 0.261. The highest BCUT2D eigenvalue weighted by atomic mass is 16.5. The Labute approximate surface area is 164 Å². The fourth-order valence-electron chi connectivity index (χ4n) is 3.61. The number of phenols is 1. The van der Waals surface area contributed by atoms with Crippen molar-refractivity contribution in [2.45, 2.75) is 0 Å². The number of nitrogens with zero attached hydrogens (tertiary/aromatic N) is 1. The van der Waals surface area contributed by atoms with Gasteiger partial charge in [0.1, 0.15) is 5.75 Å². The zero-order valence-corrected chi connectivity index (χ0v) is 15.7. The van der Waals surface area contributed by atoms with E-state index in [-0.39, 0.29) is 11.7 Å². The van der Waals surface area contributed by atoms with Crippen LogP contribution in [0.5, 0.6) is 5.75 Å². The van der Waals surface area contributed by atoms with Gasteiger partial charge in [-0.05, 0) is 34.5 Å². The second-order valence-electron chi connectivity index (χ2n) is 6.97. The molecule has 28 heavy (non-hydrogen) atoms. The summed E-state index contributed by atoms with van der Waals surface area (Å²) >= 11 is 0. The van der Waals surface area contributed by atoms with Crippen molar-refractivity contribution in [3.63, 3.8) is 0 Å². The minimum atomic E-state index is -0.0815. The molecule has 1 amide bonds. The van der Waals surface area contributed by atoms with Gasteiger partial charge in [0.2, 0.25) is 0 Å². The molecule has 0 spiro atoms. The van der Waals surface area contributed by atoms with Gasteiger partial charge in [-0.1, -0.05) is 42.5 Å². The van der Waals surface area contributed by atoms with Crippen LogP contribution in [0.4, 0.5) is 0 Å². The molecule has 2 N–H and O–H groups in total. The van der Waals surface area contributed by atoms with E-state index in [0.29, 0.717) is 12.1 Å². The summed E-state index contributed by atoms with van der Waals surface area (Å²) in [4.78, 5) is 14.7. The number of aromatic hydroxyl groups is 1. The minimum absolute atomic E-state index is 0.0815. The van der Waals surface area contributed by atoms with Crippen LogP contribution in [0.1, 0.15) is 10.4 Å². The molecule has 0 aliphatic carbocycles. The second kappa shape index (κ2) is 8.42. The number of ether oxygens (including phenoxy) is 1. The summed E-state index contributed by atoms with van der Waals surface area (Å²) in [6.45, 7) is 4.80. The molecule has 5 nitrogen and oxygen atoms in total. The molecule has 0 aromatic heterocycles. The zero-order valence-electron chi connectivity index (χ0n) is 15.7. The van der Waals surface area contributed by atoms with E-state index in [9.17, 15) is 9.90 Å². The molecule has 1 aliphatic heterocycles. The van der Waals surface area contributed by atoms with Gasteiger partial charge in [-0.25, -0.2) is 0 Å². The molecule has 5 heteroatoms. The van der Waals surface area contributed by atoms with Crippen molar-refractivity contribution >= 4 is 16.7 Å². The summed E-state index contributed by atoms with van der Waals surface area (Å²) in [6.07, 6.45) is 0. The van der Waals surface area contributed by atoms with Crippen molar-refractivity contribution in [1.82, 2.24) is 10.2 Å². The third kappa shape index (κ3) is 4.01. The van der Waals surface area contributed by atoms with E-state index in [2.05, 4.69) is 10.2 Å². The summed E-state index contributed by atoms with van der Waals surface area (Å²) < 4.78 is 5.33.